The maximum absolute atomic E-state index is 12.2. The lowest BCUT2D eigenvalue weighted by Crippen LogP contribution is -2.17. The van der Waals surface area contributed by atoms with Gasteiger partial charge in [0.15, 0.2) is 0 Å². The van der Waals surface area contributed by atoms with Crippen LogP contribution in [-0.4, -0.2) is 17.0 Å². The highest BCUT2D eigenvalue weighted by molar-refractivity contribution is 9.11. The molecule has 0 aromatic heterocycles. The number of halogens is 3. The molecule has 0 heterocycles. The molecule has 2 N–H and O–H groups in total. The minimum atomic E-state index is -1.13. The van der Waals surface area contributed by atoms with Gasteiger partial charge in [0, 0.05) is 14.0 Å². The molecular weight excluding hydrogens is 437 g/mol. The average Bonchev–Trinajstić information content (AvgIpc) is 2.44. The number of rotatable bonds is 4. The van der Waals surface area contributed by atoms with Crippen molar-refractivity contribution in [2.24, 2.45) is 0 Å². The van der Waals surface area contributed by atoms with Crippen molar-refractivity contribution in [1.82, 2.24) is 0 Å². The van der Waals surface area contributed by atoms with Gasteiger partial charge in [0.05, 0.1) is 17.7 Å². The molecule has 0 aliphatic heterocycles. The van der Waals surface area contributed by atoms with Crippen LogP contribution in [0.1, 0.15) is 15.9 Å². The monoisotopic (exact) mass is 445 g/mol. The summed E-state index contributed by atoms with van der Waals surface area (Å²) in [5, 5.41) is 12.4. The third-order valence-electron chi connectivity index (χ3n) is 2.86. The first-order valence-electron chi connectivity index (χ1n) is 6.14. The van der Waals surface area contributed by atoms with Gasteiger partial charge in [-0.3, -0.25) is 4.79 Å². The van der Waals surface area contributed by atoms with Gasteiger partial charge >= 0.3 is 5.97 Å². The summed E-state index contributed by atoms with van der Waals surface area (Å²) in [6, 6.07) is 10.1. The topological polar surface area (TPSA) is 66.4 Å². The number of anilines is 1. The van der Waals surface area contributed by atoms with Crippen LogP contribution in [0.2, 0.25) is 5.02 Å². The molecule has 0 unspecified atom stereocenters. The van der Waals surface area contributed by atoms with Gasteiger partial charge in [0.25, 0.3) is 0 Å². The summed E-state index contributed by atoms with van der Waals surface area (Å²) in [5.41, 5.74) is 0.883. The van der Waals surface area contributed by atoms with Crippen molar-refractivity contribution in [3.8, 4) is 0 Å². The van der Waals surface area contributed by atoms with Crippen molar-refractivity contribution in [2.45, 2.75) is 6.42 Å². The summed E-state index contributed by atoms with van der Waals surface area (Å²) in [6.07, 6.45) is 0.0568. The van der Waals surface area contributed by atoms with E-state index in [1.54, 1.807) is 30.3 Å². The van der Waals surface area contributed by atoms with Gasteiger partial charge in [0.1, 0.15) is 0 Å². The van der Waals surface area contributed by atoms with Gasteiger partial charge in [-0.15, -0.1) is 0 Å². The molecule has 0 atom stereocenters. The van der Waals surface area contributed by atoms with Gasteiger partial charge < -0.3 is 10.4 Å². The first-order valence-corrected chi connectivity index (χ1v) is 8.10. The number of benzene rings is 2. The maximum atomic E-state index is 12.2. The van der Waals surface area contributed by atoms with Crippen molar-refractivity contribution >= 4 is 61.0 Å². The van der Waals surface area contributed by atoms with Crippen molar-refractivity contribution in [3.63, 3.8) is 0 Å². The average molecular weight is 448 g/mol. The molecule has 0 aliphatic rings. The van der Waals surface area contributed by atoms with Crippen molar-refractivity contribution in [1.29, 1.82) is 0 Å². The lowest BCUT2D eigenvalue weighted by atomic mass is 10.1. The van der Waals surface area contributed by atoms with E-state index in [0.717, 1.165) is 0 Å². The lowest BCUT2D eigenvalue weighted by molar-refractivity contribution is -0.115. The van der Waals surface area contributed by atoms with Crippen molar-refractivity contribution < 1.29 is 14.7 Å². The number of amides is 1. The predicted molar refractivity (Wildman–Crippen MR) is 92.6 cm³/mol. The first kappa shape index (κ1) is 17.0. The Morgan fingerprint density at radius 1 is 1.18 bits per heavy atom. The van der Waals surface area contributed by atoms with Crippen LogP contribution in [0.15, 0.2) is 45.3 Å². The summed E-state index contributed by atoms with van der Waals surface area (Å²) in [7, 11) is 0. The molecule has 0 aliphatic carbocycles. The highest BCUT2D eigenvalue weighted by Gasteiger charge is 2.17. The Morgan fingerprint density at radius 2 is 1.86 bits per heavy atom. The molecule has 114 valence electrons. The Balaban J connectivity index is 2.25. The lowest BCUT2D eigenvalue weighted by Gasteiger charge is -2.12. The van der Waals surface area contributed by atoms with E-state index in [4.69, 9.17) is 11.6 Å². The highest BCUT2D eigenvalue weighted by Crippen LogP contribution is 2.31. The molecule has 0 bridgehead atoms. The third-order valence-corrected chi connectivity index (χ3v) is 4.31. The van der Waals surface area contributed by atoms with E-state index in [9.17, 15) is 14.7 Å². The zero-order valence-electron chi connectivity index (χ0n) is 11.1. The second-order valence-electron chi connectivity index (χ2n) is 4.43. The van der Waals surface area contributed by atoms with Crippen LogP contribution < -0.4 is 5.32 Å². The molecule has 0 fully saturated rings. The molecule has 2 aromatic carbocycles. The van der Waals surface area contributed by atoms with Crippen LogP contribution in [0, 0.1) is 0 Å². The molecule has 4 nitrogen and oxygen atoms in total. The van der Waals surface area contributed by atoms with E-state index < -0.39 is 5.97 Å². The maximum Gasteiger partial charge on any atom is 0.337 e. The fourth-order valence-corrected chi connectivity index (χ4v) is 3.39. The molecule has 0 radical (unpaired) electrons. The fourth-order valence-electron chi connectivity index (χ4n) is 1.87. The SMILES string of the molecule is O=C(Cc1ccccc1Cl)Nc1c(Br)cc(Br)cc1C(=O)O. The normalized spacial score (nSPS) is 10.3. The van der Waals surface area contributed by atoms with Crippen LogP contribution in [0.4, 0.5) is 5.69 Å². The van der Waals surface area contributed by atoms with Gasteiger partial charge in [0.2, 0.25) is 5.91 Å². The van der Waals surface area contributed by atoms with E-state index >= 15 is 0 Å². The predicted octanol–water partition coefficient (Wildman–Crippen LogP) is 4.74. The zero-order chi connectivity index (χ0) is 16.3. The second kappa shape index (κ2) is 7.26. The number of carboxylic acids is 1. The summed E-state index contributed by atoms with van der Waals surface area (Å²) >= 11 is 12.5. The Morgan fingerprint density at radius 3 is 2.50 bits per heavy atom. The molecule has 1 amide bonds. The minimum absolute atomic E-state index is 0.00578. The molecule has 0 spiro atoms. The van der Waals surface area contributed by atoms with Crippen LogP contribution in [-0.2, 0) is 11.2 Å². The smallest absolute Gasteiger partial charge is 0.337 e. The Kier molecular flexibility index (Phi) is 5.61. The summed E-state index contributed by atoms with van der Waals surface area (Å²) < 4.78 is 1.08. The number of carboxylic acid groups (broad SMARTS) is 1. The number of aromatic carboxylic acids is 1. The van der Waals surface area contributed by atoms with Crippen LogP contribution >= 0.6 is 43.5 Å². The Labute approximate surface area is 148 Å². The van der Waals surface area contributed by atoms with Gasteiger partial charge in [-0.25, -0.2) is 4.79 Å². The van der Waals surface area contributed by atoms with Crippen molar-refractivity contribution in [3.05, 3.63) is 61.5 Å². The number of hydrogen-bond donors (Lipinski definition) is 2. The molecule has 0 saturated heterocycles. The first-order chi connectivity index (χ1) is 10.4. The highest BCUT2D eigenvalue weighted by atomic mass is 79.9. The van der Waals surface area contributed by atoms with E-state index in [1.807, 2.05) is 0 Å². The van der Waals surface area contributed by atoms with E-state index in [2.05, 4.69) is 37.2 Å². The summed E-state index contributed by atoms with van der Waals surface area (Å²) in [6.45, 7) is 0. The standard InChI is InChI=1S/C15H10Br2ClNO3/c16-9-6-10(15(21)22)14(11(17)7-9)19-13(20)5-8-3-1-2-4-12(8)18/h1-4,6-7H,5H2,(H,19,20)(H,21,22). The number of carbonyl (C=O) groups is 2. The van der Waals surface area contributed by atoms with Gasteiger partial charge in [-0.05, 0) is 39.7 Å². The molecule has 2 rings (SSSR count). The Bertz CT molecular complexity index is 750. The van der Waals surface area contributed by atoms with E-state index in [-0.39, 0.29) is 23.6 Å². The molecule has 7 heteroatoms. The number of hydrogen-bond acceptors (Lipinski definition) is 2. The third kappa shape index (κ3) is 4.09. The number of carbonyl (C=O) groups excluding carboxylic acids is 1. The summed E-state index contributed by atoms with van der Waals surface area (Å²) in [5.74, 6) is -1.48. The fraction of sp³-hybridized carbons (Fsp3) is 0.0667. The second-order valence-corrected chi connectivity index (χ2v) is 6.61. The zero-order valence-corrected chi connectivity index (χ0v) is 15.0. The molecule has 0 saturated carbocycles. The van der Waals surface area contributed by atoms with Crippen LogP contribution in [0.25, 0.3) is 0 Å². The van der Waals surface area contributed by atoms with E-state index in [1.165, 1.54) is 6.07 Å². The van der Waals surface area contributed by atoms with Crippen molar-refractivity contribution in [2.75, 3.05) is 5.32 Å². The quantitative estimate of drug-likeness (QED) is 0.711. The molecular formula is C15H10Br2ClNO3. The number of nitrogens with one attached hydrogen (secondary N) is 1. The van der Waals surface area contributed by atoms with Gasteiger partial charge in [-0.1, -0.05) is 45.7 Å². The molecule has 22 heavy (non-hydrogen) atoms. The van der Waals surface area contributed by atoms with Gasteiger partial charge in [-0.2, -0.15) is 0 Å². The largest absolute Gasteiger partial charge is 0.478 e. The van der Waals surface area contributed by atoms with Crippen LogP contribution in [0.3, 0.4) is 0 Å². The summed E-state index contributed by atoms with van der Waals surface area (Å²) in [4.78, 5) is 23.5. The Hall–Kier alpha value is -1.37. The van der Waals surface area contributed by atoms with Crippen LogP contribution in [0.5, 0.6) is 0 Å². The van der Waals surface area contributed by atoms with E-state index in [0.29, 0.717) is 19.5 Å². The minimum Gasteiger partial charge on any atom is -0.478 e. The molecule has 2 aromatic rings.